The van der Waals surface area contributed by atoms with E-state index in [0.717, 1.165) is 62.3 Å². The molecule has 0 aliphatic carbocycles. The Morgan fingerprint density at radius 2 is 1.64 bits per heavy atom. The van der Waals surface area contributed by atoms with E-state index < -0.39 is 10.0 Å². The first-order valence-corrected chi connectivity index (χ1v) is 16.1. The molecule has 0 saturated carbocycles. The summed E-state index contributed by atoms with van der Waals surface area (Å²) < 4.78 is 34.4. The highest BCUT2D eigenvalue weighted by Gasteiger charge is 2.25. The molecule has 1 amide bonds. The monoisotopic (exact) mass is 572 g/mol. The van der Waals surface area contributed by atoms with E-state index in [1.807, 2.05) is 13.8 Å². The molecule has 1 aliphatic rings. The molecule has 8 nitrogen and oxygen atoms in total. The van der Waals surface area contributed by atoms with Crippen molar-refractivity contribution in [2.45, 2.75) is 51.9 Å². The van der Waals surface area contributed by atoms with Crippen LogP contribution in [-0.2, 0) is 14.8 Å². The fourth-order valence-electron chi connectivity index (χ4n) is 4.77. The second-order valence-electron chi connectivity index (χ2n) is 10.1. The molecule has 1 aromatic heterocycles. The second-order valence-corrected chi connectivity index (χ2v) is 13.0. The van der Waals surface area contributed by atoms with Gasteiger partial charge >= 0.3 is 0 Å². The van der Waals surface area contributed by atoms with Crippen LogP contribution in [0.2, 0.25) is 0 Å². The van der Waals surface area contributed by atoms with Crippen LogP contribution in [0.4, 0.5) is 5.13 Å². The van der Waals surface area contributed by atoms with Gasteiger partial charge in [0.1, 0.15) is 0 Å². The van der Waals surface area contributed by atoms with Gasteiger partial charge in [-0.15, -0.1) is 0 Å². The Hall–Kier alpha value is -2.37. The maximum atomic E-state index is 13.8. The summed E-state index contributed by atoms with van der Waals surface area (Å²) in [5, 5.41) is 0.663. The number of benzene rings is 2. The Bertz CT molecular complexity index is 1320. The number of hydrogen-bond acceptors (Lipinski definition) is 7. The highest BCUT2D eigenvalue weighted by molar-refractivity contribution is 7.89. The van der Waals surface area contributed by atoms with E-state index in [-0.39, 0.29) is 10.8 Å². The minimum atomic E-state index is -3.61. The van der Waals surface area contributed by atoms with E-state index in [1.165, 1.54) is 26.8 Å². The van der Waals surface area contributed by atoms with Gasteiger partial charge in [0.25, 0.3) is 5.91 Å². The number of anilines is 1. The van der Waals surface area contributed by atoms with Crippen molar-refractivity contribution in [1.82, 2.24) is 14.2 Å². The lowest BCUT2D eigenvalue weighted by Gasteiger charge is -2.27. The standard InChI is InChI=1S/C29H40N4O4S2/c1-5-12-32(13-6-2)39(35,36)25-10-8-24(9-11-25)28(34)33(15-7-14-31-16-18-37-19-17-31)29-30-26-20-22(3)23(4)21-27(26)38-29/h8-11,20-21H,5-7,12-19H2,1-4H3. The number of thiazole rings is 1. The predicted molar refractivity (Wildman–Crippen MR) is 158 cm³/mol. The summed E-state index contributed by atoms with van der Waals surface area (Å²) in [4.78, 5) is 23.0. The zero-order valence-corrected chi connectivity index (χ0v) is 25.1. The van der Waals surface area contributed by atoms with Crippen molar-refractivity contribution in [3.05, 3.63) is 53.1 Å². The van der Waals surface area contributed by atoms with Gasteiger partial charge in [-0.05, 0) is 80.6 Å². The molecule has 39 heavy (non-hydrogen) atoms. The van der Waals surface area contributed by atoms with Gasteiger partial charge in [-0.2, -0.15) is 4.31 Å². The smallest absolute Gasteiger partial charge is 0.260 e. The van der Waals surface area contributed by atoms with Gasteiger partial charge in [-0.3, -0.25) is 14.6 Å². The Morgan fingerprint density at radius 1 is 1.00 bits per heavy atom. The summed E-state index contributed by atoms with van der Waals surface area (Å²) in [5.41, 5.74) is 3.70. The van der Waals surface area contributed by atoms with Crippen LogP contribution >= 0.6 is 11.3 Å². The first kappa shape index (κ1) is 29.6. The van der Waals surface area contributed by atoms with E-state index in [0.29, 0.717) is 30.3 Å². The Labute approximate surface area is 236 Å². The maximum absolute atomic E-state index is 13.8. The van der Waals surface area contributed by atoms with Crippen molar-refractivity contribution < 1.29 is 17.9 Å². The van der Waals surface area contributed by atoms with E-state index in [4.69, 9.17) is 9.72 Å². The van der Waals surface area contributed by atoms with Crippen molar-refractivity contribution in [3.63, 3.8) is 0 Å². The van der Waals surface area contributed by atoms with Crippen LogP contribution in [0.5, 0.6) is 0 Å². The number of morpholine rings is 1. The van der Waals surface area contributed by atoms with E-state index >= 15 is 0 Å². The van der Waals surface area contributed by atoms with Crippen molar-refractivity contribution in [2.75, 3.05) is 57.4 Å². The number of carbonyl (C=O) groups is 1. The van der Waals surface area contributed by atoms with E-state index in [2.05, 4.69) is 30.9 Å². The zero-order valence-electron chi connectivity index (χ0n) is 23.5. The number of ether oxygens (including phenoxy) is 1. The summed E-state index contributed by atoms with van der Waals surface area (Å²) >= 11 is 1.52. The van der Waals surface area contributed by atoms with Crippen molar-refractivity contribution in [1.29, 1.82) is 0 Å². The number of aromatic nitrogens is 1. The quantitative estimate of drug-likeness (QED) is 0.301. The molecular weight excluding hydrogens is 532 g/mol. The Morgan fingerprint density at radius 3 is 2.28 bits per heavy atom. The minimum Gasteiger partial charge on any atom is -0.379 e. The predicted octanol–water partition coefficient (Wildman–Crippen LogP) is 5.09. The largest absolute Gasteiger partial charge is 0.379 e. The van der Waals surface area contributed by atoms with Gasteiger partial charge in [0.2, 0.25) is 10.0 Å². The molecule has 0 radical (unpaired) electrons. The molecule has 0 bridgehead atoms. The molecule has 0 atom stereocenters. The van der Waals surface area contributed by atoms with Crippen LogP contribution in [-0.4, -0.2) is 81.0 Å². The topological polar surface area (TPSA) is 83.1 Å². The van der Waals surface area contributed by atoms with Crippen LogP contribution in [0, 0.1) is 13.8 Å². The number of fused-ring (bicyclic) bond motifs is 1. The third kappa shape index (κ3) is 7.05. The van der Waals surface area contributed by atoms with Crippen LogP contribution in [0.3, 0.4) is 0 Å². The zero-order chi connectivity index (χ0) is 28.0. The molecular formula is C29H40N4O4S2. The fourth-order valence-corrected chi connectivity index (χ4v) is 7.46. The van der Waals surface area contributed by atoms with Crippen molar-refractivity contribution in [2.24, 2.45) is 0 Å². The van der Waals surface area contributed by atoms with Gasteiger partial charge in [0, 0.05) is 44.8 Å². The summed E-state index contributed by atoms with van der Waals surface area (Å²) in [6.45, 7) is 13.7. The highest BCUT2D eigenvalue weighted by atomic mass is 32.2. The first-order chi connectivity index (χ1) is 18.7. The van der Waals surface area contributed by atoms with Gasteiger partial charge in [-0.25, -0.2) is 13.4 Å². The van der Waals surface area contributed by atoms with Crippen molar-refractivity contribution >= 4 is 42.6 Å². The third-order valence-electron chi connectivity index (χ3n) is 7.11. The maximum Gasteiger partial charge on any atom is 0.260 e. The molecule has 0 unspecified atom stereocenters. The number of nitrogens with zero attached hydrogens (tertiary/aromatic N) is 4. The molecule has 212 valence electrons. The van der Waals surface area contributed by atoms with Gasteiger partial charge in [0.15, 0.2) is 5.13 Å². The lowest BCUT2D eigenvalue weighted by Crippen LogP contribution is -2.39. The second kappa shape index (κ2) is 13.3. The lowest BCUT2D eigenvalue weighted by molar-refractivity contribution is 0.0376. The van der Waals surface area contributed by atoms with Gasteiger partial charge < -0.3 is 4.74 Å². The number of sulfonamides is 1. The first-order valence-electron chi connectivity index (χ1n) is 13.8. The number of hydrogen-bond donors (Lipinski definition) is 0. The van der Waals surface area contributed by atoms with Crippen LogP contribution in [0.15, 0.2) is 41.3 Å². The van der Waals surface area contributed by atoms with Crippen molar-refractivity contribution in [3.8, 4) is 0 Å². The summed E-state index contributed by atoms with van der Waals surface area (Å²) in [7, 11) is -3.61. The fraction of sp³-hybridized carbons (Fsp3) is 0.517. The molecule has 3 aromatic rings. The Balaban J connectivity index is 1.59. The number of carbonyl (C=O) groups excluding carboxylic acids is 1. The molecule has 2 heterocycles. The average Bonchev–Trinajstić information content (AvgIpc) is 3.33. The molecule has 4 rings (SSSR count). The SMILES string of the molecule is CCCN(CCC)S(=O)(=O)c1ccc(C(=O)N(CCCN2CCOCC2)c2nc3cc(C)c(C)cc3s2)cc1. The van der Waals surface area contributed by atoms with Gasteiger partial charge in [0.05, 0.1) is 28.3 Å². The van der Waals surface area contributed by atoms with Crippen LogP contribution < -0.4 is 4.90 Å². The lowest BCUT2D eigenvalue weighted by atomic mass is 10.1. The molecule has 0 N–H and O–H groups in total. The number of aryl methyl sites for hydroxylation is 2. The van der Waals surface area contributed by atoms with Crippen LogP contribution in [0.1, 0.15) is 54.6 Å². The van der Waals surface area contributed by atoms with Gasteiger partial charge in [-0.1, -0.05) is 25.2 Å². The number of rotatable bonds is 12. The van der Waals surface area contributed by atoms with E-state index in [1.54, 1.807) is 29.2 Å². The third-order valence-corrected chi connectivity index (χ3v) is 10.1. The minimum absolute atomic E-state index is 0.174. The molecule has 1 saturated heterocycles. The molecule has 0 spiro atoms. The highest BCUT2D eigenvalue weighted by Crippen LogP contribution is 2.32. The normalized spacial score (nSPS) is 14.8. The summed E-state index contributed by atoms with van der Waals surface area (Å²) in [6.07, 6.45) is 2.29. The van der Waals surface area contributed by atoms with E-state index in [9.17, 15) is 13.2 Å². The number of amides is 1. The summed E-state index contributed by atoms with van der Waals surface area (Å²) in [5.74, 6) is -0.174. The van der Waals surface area contributed by atoms with Crippen LogP contribution in [0.25, 0.3) is 10.2 Å². The molecule has 1 aliphatic heterocycles. The molecule has 2 aromatic carbocycles. The summed E-state index contributed by atoms with van der Waals surface area (Å²) in [6, 6.07) is 10.6. The average molecular weight is 573 g/mol. The molecule has 1 fully saturated rings. The Kier molecular flexibility index (Phi) is 10.1. The molecule has 10 heteroatoms.